The van der Waals surface area contributed by atoms with E-state index in [1.54, 1.807) is 12.1 Å². The second-order valence-electron chi connectivity index (χ2n) is 6.12. The highest BCUT2D eigenvalue weighted by Gasteiger charge is 2.10. The first-order valence-electron chi connectivity index (χ1n) is 9.16. The predicted octanol–water partition coefficient (Wildman–Crippen LogP) is 5.19. The number of likely N-dealkylation sites (N-methyl/N-ethyl adjacent to an activating group) is 1. The summed E-state index contributed by atoms with van der Waals surface area (Å²) in [7, 11) is 1.98. The van der Waals surface area contributed by atoms with Gasteiger partial charge in [-0.05, 0) is 62.5 Å². The van der Waals surface area contributed by atoms with Crippen molar-refractivity contribution in [3.05, 3.63) is 77.9 Å². The highest BCUT2D eigenvalue weighted by molar-refractivity contribution is 5.32. The minimum absolute atomic E-state index is 0.372. The van der Waals surface area contributed by atoms with Crippen LogP contribution < -0.4 is 5.32 Å². The SMILES string of the molecule is CC#N.CNCCc1ccccc1.Oc1cccc(C2C=CCCC2)c1. The van der Waals surface area contributed by atoms with Crippen molar-refractivity contribution in [1.82, 2.24) is 5.32 Å². The maximum atomic E-state index is 9.32. The third-order valence-corrected chi connectivity index (χ3v) is 4.06. The Bertz CT molecular complexity index is 674. The van der Waals surface area contributed by atoms with Crippen molar-refractivity contribution in [2.45, 2.75) is 38.5 Å². The highest BCUT2D eigenvalue weighted by Crippen LogP contribution is 2.29. The fraction of sp³-hybridized carbons (Fsp3) is 0.348. The van der Waals surface area contributed by atoms with Crippen LogP contribution in [0.15, 0.2) is 66.7 Å². The fourth-order valence-corrected chi connectivity index (χ4v) is 2.76. The van der Waals surface area contributed by atoms with Gasteiger partial charge in [-0.25, -0.2) is 0 Å². The molecule has 1 aliphatic rings. The van der Waals surface area contributed by atoms with Gasteiger partial charge in [0.2, 0.25) is 0 Å². The second-order valence-corrected chi connectivity index (χ2v) is 6.12. The summed E-state index contributed by atoms with van der Waals surface area (Å²) in [6.07, 6.45) is 9.28. The average Bonchev–Trinajstić information content (AvgIpc) is 2.69. The Morgan fingerprint density at radius 3 is 2.46 bits per heavy atom. The average molecular weight is 351 g/mol. The van der Waals surface area contributed by atoms with Crippen molar-refractivity contribution in [3.8, 4) is 11.8 Å². The highest BCUT2D eigenvalue weighted by atomic mass is 16.3. The molecule has 1 aliphatic carbocycles. The molecule has 0 heterocycles. The minimum Gasteiger partial charge on any atom is -0.508 e. The molecule has 0 saturated heterocycles. The smallest absolute Gasteiger partial charge is 0.115 e. The second kappa shape index (κ2) is 13.7. The van der Waals surface area contributed by atoms with Crippen LogP contribution in [0.1, 0.15) is 43.2 Å². The molecule has 3 nitrogen and oxygen atoms in total. The number of nitrogens with zero attached hydrogens (tertiary/aromatic N) is 1. The van der Waals surface area contributed by atoms with E-state index in [0.717, 1.165) is 13.0 Å². The molecule has 0 aliphatic heterocycles. The lowest BCUT2D eigenvalue weighted by Crippen LogP contribution is -2.09. The lowest BCUT2D eigenvalue weighted by molar-refractivity contribution is 0.473. The molecule has 0 spiro atoms. The topological polar surface area (TPSA) is 56.0 Å². The molecule has 2 aromatic rings. The minimum atomic E-state index is 0.372. The number of nitriles is 1. The van der Waals surface area contributed by atoms with Gasteiger partial charge in [0.15, 0.2) is 0 Å². The Kier molecular flexibility index (Phi) is 11.3. The van der Waals surface area contributed by atoms with E-state index in [-0.39, 0.29) is 0 Å². The molecule has 2 aromatic carbocycles. The molecule has 3 heteroatoms. The molecule has 3 rings (SSSR count). The van der Waals surface area contributed by atoms with Crippen LogP contribution in [-0.2, 0) is 6.42 Å². The summed E-state index contributed by atoms with van der Waals surface area (Å²) in [5.74, 6) is 0.886. The molecule has 0 bridgehead atoms. The van der Waals surface area contributed by atoms with Crippen LogP contribution >= 0.6 is 0 Å². The van der Waals surface area contributed by atoms with E-state index in [4.69, 9.17) is 5.26 Å². The maximum absolute atomic E-state index is 9.32. The van der Waals surface area contributed by atoms with Crippen LogP contribution in [0, 0.1) is 11.3 Å². The summed E-state index contributed by atoms with van der Waals surface area (Å²) in [6, 6.07) is 19.8. The van der Waals surface area contributed by atoms with Crippen LogP contribution in [0.4, 0.5) is 0 Å². The molecule has 0 saturated carbocycles. The predicted molar refractivity (Wildman–Crippen MR) is 109 cm³/mol. The van der Waals surface area contributed by atoms with Gasteiger partial charge in [-0.2, -0.15) is 5.26 Å². The van der Waals surface area contributed by atoms with Gasteiger partial charge >= 0.3 is 0 Å². The van der Waals surface area contributed by atoms with E-state index in [9.17, 15) is 5.11 Å². The van der Waals surface area contributed by atoms with Crippen molar-refractivity contribution >= 4 is 0 Å². The summed E-state index contributed by atoms with van der Waals surface area (Å²) in [5.41, 5.74) is 2.63. The van der Waals surface area contributed by atoms with Crippen molar-refractivity contribution in [2.24, 2.45) is 0 Å². The van der Waals surface area contributed by atoms with E-state index in [1.165, 1.54) is 37.3 Å². The van der Waals surface area contributed by atoms with Gasteiger partial charge in [0.05, 0.1) is 6.07 Å². The number of nitrogens with one attached hydrogen (secondary N) is 1. The Morgan fingerprint density at radius 1 is 1.15 bits per heavy atom. The van der Waals surface area contributed by atoms with E-state index >= 15 is 0 Å². The third kappa shape index (κ3) is 9.05. The van der Waals surface area contributed by atoms with Gasteiger partial charge in [0.25, 0.3) is 0 Å². The summed E-state index contributed by atoms with van der Waals surface area (Å²) in [6.45, 7) is 2.49. The molecule has 138 valence electrons. The zero-order valence-electron chi connectivity index (χ0n) is 15.9. The van der Waals surface area contributed by atoms with Gasteiger partial charge < -0.3 is 10.4 Å². The van der Waals surface area contributed by atoms with Crippen molar-refractivity contribution < 1.29 is 5.11 Å². The third-order valence-electron chi connectivity index (χ3n) is 4.06. The summed E-state index contributed by atoms with van der Waals surface area (Å²) < 4.78 is 0. The van der Waals surface area contributed by atoms with Crippen LogP contribution in [0.3, 0.4) is 0 Å². The summed E-state index contributed by atoms with van der Waals surface area (Å²) in [4.78, 5) is 0. The first kappa shape index (κ1) is 21.5. The van der Waals surface area contributed by atoms with Crippen LogP contribution in [0.25, 0.3) is 0 Å². The standard InChI is InChI=1S/C12H14O.C9H13N.C2H3N/c13-12-8-4-7-11(9-12)10-5-2-1-3-6-10;1-10-8-7-9-5-3-2-4-6-9;1-2-3/h2,4-5,7-10,13H,1,3,6H2;2-6,10H,7-8H2,1H3;1H3. The Labute approximate surface area is 158 Å². The first-order chi connectivity index (χ1) is 12.7. The van der Waals surface area contributed by atoms with Crippen LogP contribution in [-0.4, -0.2) is 18.7 Å². The molecule has 1 unspecified atom stereocenters. The zero-order chi connectivity index (χ0) is 19.0. The Hall–Kier alpha value is -2.57. The molecule has 0 fully saturated rings. The van der Waals surface area contributed by atoms with E-state index in [1.807, 2.05) is 25.2 Å². The van der Waals surface area contributed by atoms with Gasteiger partial charge in [-0.3, -0.25) is 0 Å². The van der Waals surface area contributed by atoms with Gasteiger partial charge in [0, 0.05) is 12.8 Å². The number of aromatic hydroxyl groups is 1. The largest absolute Gasteiger partial charge is 0.508 e. The van der Waals surface area contributed by atoms with Crippen molar-refractivity contribution in [2.75, 3.05) is 13.6 Å². The number of benzene rings is 2. The van der Waals surface area contributed by atoms with E-state index in [0.29, 0.717) is 11.7 Å². The molecule has 26 heavy (non-hydrogen) atoms. The van der Waals surface area contributed by atoms with Gasteiger partial charge in [0.1, 0.15) is 5.75 Å². The maximum Gasteiger partial charge on any atom is 0.115 e. The molecule has 0 radical (unpaired) electrons. The quantitative estimate of drug-likeness (QED) is 0.746. The monoisotopic (exact) mass is 350 g/mol. The lowest BCUT2D eigenvalue weighted by atomic mass is 9.89. The zero-order valence-corrected chi connectivity index (χ0v) is 15.9. The molecule has 0 aromatic heterocycles. The molecule has 0 amide bonds. The molecule has 1 atom stereocenters. The number of phenols is 1. The molecular weight excluding hydrogens is 320 g/mol. The van der Waals surface area contributed by atoms with Gasteiger partial charge in [-0.15, -0.1) is 0 Å². The number of phenolic OH excluding ortho intramolecular Hbond substituents is 1. The van der Waals surface area contributed by atoms with Crippen molar-refractivity contribution in [1.29, 1.82) is 5.26 Å². The van der Waals surface area contributed by atoms with Crippen LogP contribution in [0.5, 0.6) is 5.75 Å². The Morgan fingerprint density at radius 2 is 1.88 bits per heavy atom. The van der Waals surface area contributed by atoms with Crippen LogP contribution in [0.2, 0.25) is 0 Å². The summed E-state index contributed by atoms with van der Waals surface area (Å²) >= 11 is 0. The number of hydrogen-bond donors (Lipinski definition) is 2. The van der Waals surface area contributed by atoms with E-state index < -0.39 is 0 Å². The normalized spacial score (nSPS) is 14.9. The Balaban J connectivity index is 0.000000233. The fourth-order valence-electron chi connectivity index (χ4n) is 2.76. The summed E-state index contributed by atoms with van der Waals surface area (Å²) in [5, 5.41) is 19.8. The molecular formula is C23H30N2O. The van der Waals surface area contributed by atoms with Crippen molar-refractivity contribution in [3.63, 3.8) is 0 Å². The number of allylic oxidation sites excluding steroid dienone is 2. The lowest BCUT2D eigenvalue weighted by Gasteiger charge is -2.16. The number of hydrogen-bond acceptors (Lipinski definition) is 3. The van der Waals surface area contributed by atoms with Gasteiger partial charge in [-0.1, -0.05) is 54.6 Å². The molecule has 2 N–H and O–H groups in total. The first-order valence-corrected chi connectivity index (χ1v) is 9.16. The van der Waals surface area contributed by atoms with E-state index in [2.05, 4.69) is 47.8 Å². The number of rotatable bonds is 4.